The molecule has 0 saturated heterocycles. The smallest absolute Gasteiger partial charge is 0.207 e. The predicted molar refractivity (Wildman–Crippen MR) is 84.4 cm³/mol. The summed E-state index contributed by atoms with van der Waals surface area (Å²) in [7, 11) is -3.57. The first-order chi connectivity index (χ1) is 10.4. The lowest BCUT2D eigenvalue weighted by molar-refractivity contribution is 0.586. The molecule has 22 heavy (non-hydrogen) atoms. The van der Waals surface area contributed by atoms with Crippen LogP contribution in [0.3, 0.4) is 0 Å². The van der Waals surface area contributed by atoms with Gasteiger partial charge in [0.15, 0.2) is 0 Å². The summed E-state index contributed by atoms with van der Waals surface area (Å²) in [6.45, 7) is 3.78. The molecule has 0 aliphatic heterocycles. The molecule has 0 aromatic heterocycles. The van der Waals surface area contributed by atoms with Gasteiger partial charge in [0.2, 0.25) is 10.0 Å². The maximum atomic E-state index is 12.7. The highest BCUT2D eigenvalue weighted by Crippen LogP contribution is 2.14. The fourth-order valence-electron chi connectivity index (χ4n) is 1.77. The van der Waals surface area contributed by atoms with Gasteiger partial charge in [0.05, 0.1) is 11.4 Å². The molecule has 0 fully saturated rings. The minimum atomic E-state index is -3.57. The minimum Gasteiger partial charge on any atom is -0.207 e. The van der Waals surface area contributed by atoms with Crippen molar-refractivity contribution in [2.45, 2.75) is 18.7 Å². The first kappa shape index (κ1) is 16.2. The lowest BCUT2D eigenvalue weighted by atomic mass is 10.1. The number of halogens is 1. The molecule has 5 heteroatoms. The largest absolute Gasteiger partial charge is 0.241 e. The standard InChI is InChI=1S/C17H16FNO2S/c1-13-5-10-17(12-14(13)2)22(20,21)19-11-3-4-15-6-8-16(18)9-7-15/h5-10,12,19H,11H2,1-2H3. The Bertz CT molecular complexity index is 831. The van der Waals surface area contributed by atoms with Crippen LogP contribution in [0.2, 0.25) is 0 Å². The summed E-state index contributed by atoms with van der Waals surface area (Å²) in [6, 6.07) is 10.7. The second-order valence-corrected chi connectivity index (χ2v) is 6.65. The van der Waals surface area contributed by atoms with Crippen molar-refractivity contribution in [2.75, 3.05) is 6.54 Å². The zero-order valence-electron chi connectivity index (χ0n) is 12.4. The number of sulfonamides is 1. The molecule has 0 saturated carbocycles. The highest BCUT2D eigenvalue weighted by atomic mass is 32.2. The third-order valence-electron chi connectivity index (χ3n) is 3.22. The maximum Gasteiger partial charge on any atom is 0.241 e. The molecule has 0 aliphatic carbocycles. The molecule has 2 aromatic carbocycles. The van der Waals surface area contributed by atoms with Gasteiger partial charge >= 0.3 is 0 Å². The highest BCUT2D eigenvalue weighted by molar-refractivity contribution is 7.89. The van der Waals surface area contributed by atoms with Crippen molar-refractivity contribution in [1.29, 1.82) is 0 Å². The molecule has 0 atom stereocenters. The zero-order chi connectivity index (χ0) is 16.2. The van der Waals surface area contributed by atoms with Gasteiger partial charge in [-0.3, -0.25) is 0 Å². The number of aryl methyl sites for hydroxylation is 2. The van der Waals surface area contributed by atoms with Crippen molar-refractivity contribution in [2.24, 2.45) is 0 Å². The Kier molecular flexibility index (Phi) is 4.96. The number of hydrogen-bond acceptors (Lipinski definition) is 2. The van der Waals surface area contributed by atoms with E-state index in [0.29, 0.717) is 5.56 Å². The summed E-state index contributed by atoms with van der Waals surface area (Å²) in [5.74, 6) is 5.15. The van der Waals surface area contributed by atoms with E-state index in [1.807, 2.05) is 13.8 Å². The lowest BCUT2D eigenvalue weighted by Crippen LogP contribution is -2.24. The Morgan fingerprint density at radius 3 is 2.36 bits per heavy atom. The molecular weight excluding hydrogens is 301 g/mol. The Hall–Kier alpha value is -2.16. The Balaban J connectivity index is 2.04. The molecule has 0 bridgehead atoms. The molecule has 0 unspecified atom stereocenters. The third-order valence-corrected chi connectivity index (χ3v) is 4.62. The van der Waals surface area contributed by atoms with Gasteiger partial charge in [-0.25, -0.2) is 12.8 Å². The molecule has 0 heterocycles. The van der Waals surface area contributed by atoms with Crippen molar-refractivity contribution in [3.05, 3.63) is 65.0 Å². The van der Waals surface area contributed by atoms with E-state index in [-0.39, 0.29) is 17.3 Å². The fourth-order valence-corrected chi connectivity index (χ4v) is 2.78. The monoisotopic (exact) mass is 317 g/mol. The average molecular weight is 317 g/mol. The Morgan fingerprint density at radius 1 is 1.05 bits per heavy atom. The number of nitrogens with one attached hydrogen (secondary N) is 1. The molecule has 2 aromatic rings. The van der Waals surface area contributed by atoms with Gasteiger partial charge in [0, 0.05) is 5.56 Å². The summed E-state index contributed by atoms with van der Waals surface area (Å²) in [5.41, 5.74) is 2.59. The van der Waals surface area contributed by atoms with Gasteiger partial charge in [-0.1, -0.05) is 17.9 Å². The van der Waals surface area contributed by atoms with Gasteiger partial charge in [0.1, 0.15) is 5.82 Å². The fraction of sp³-hybridized carbons (Fsp3) is 0.176. The number of benzene rings is 2. The average Bonchev–Trinajstić information content (AvgIpc) is 2.48. The van der Waals surface area contributed by atoms with Crippen LogP contribution in [-0.2, 0) is 10.0 Å². The van der Waals surface area contributed by atoms with E-state index in [4.69, 9.17) is 0 Å². The highest BCUT2D eigenvalue weighted by Gasteiger charge is 2.13. The van der Waals surface area contributed by atoms with Gasteiger partial charge in [-0.2, -0.15) is 4.72 Å². The van der Waals surface area contributed by atoms with E-state index in [9.17, 15) is 12.8 Å². The quantitative estimate of drug-likeness (QED) is 0.885. The summed E-state index contributed by atoms with van der Waals surface area (Å²) < 4.78 is 39.4. The molecule has 0 spiro atoms. The molecule has 0 aliphatic rings. The summed E-state index contributed by atoms with van der Waals surface area (Å²) >= 11 is 0. The van der Waals surface area contributed by atoms with Crippen LogP contribution in [0.4, 0.5) is 4.39 Å². The van der Waals surface area contributed by atoms with Crippen LogP contribution >= 0.6 is 0 Å². The van der Waals surface area contributed by atoms with Gasteiger partial charge in [-0.05, 0) is 61.4 Å². The normalized spacial score (nSPS) is 10.9. The maximum absolute atomic E-state index is 12.7. The van der Waals surface area contributed by atoms with Gasteiger partial charge in [-0.15, -0.1) is 0 Å². The number of hydrogen-bond donors (Lipinski definition) is 1. The molecule has 3 nitrogen and oxygen atoms in total. The SMILES string of the molecule is Cc1ccc(S(=O)(=O)NCC#Cc2ccc(F)cc2)cc1C. The second kappa shape index (κ2) is 6.73. The first-order valence-electron chi connectivity index (χ1n) is 6.70. The van der Waals surface area contributed by atoms with Crippen LogP contribution in [-0.4, -0.2) is 15.0 Å². The van der Waals surface area contributed by atoms with E-state index in [1.165, 1.54) is 12.1 Å². The van der Waals surface area contributed by atoms with Gasteiger partial charge < -0.3 is 0 Å². The van der Waals surface area contributed by atoms with Crippen LogP contribution in [0.1, 0.15) is 16.7 Å². The topological polar surface area (TPSA) is 46.2 Å². The molecule has 1 N–H and O–H groups in total. The van der Waals surface area contributed by atoms with E-state index in [1.54, 1.807) is 30.3 Å². The third kappa shape index (κ3) is 4.17. The van der Waals surface area contributed by atoms with E-state index < -0.39 is 10.0 Å². The Morgan fingerprint density at radius 2 is 1.73 bits per heavy atom. The van der Waals surface area contributed by atoms with Crippen molar-refractivity contribution in [1.82, 2.24) is 4.72 Å². The summed E-state index contributed by atoms with van der Waals surface area (Å²) in [4.78, 5) is 0.221. The van der Waals surface area contributed by atoms with Gasteiger partial charge in [0.25, 0.3) is 0 Å². The van der Waals surface area contributed by atoms with Crippen LogP contribution in [0.5, 0.6) is 0 Å². The molecule has 2 rings (SSSR count). The van der Waals surface area contributed by atoms with Crippen molar-refractivity contribution >= 4 is 10.0 Å². The van der Waals surface area contributed by atoms with Crippen LogP contribution < -0.4 is 4.72 Å². The molecular formula is C17H16FNO2S. The minimum absolute atomic E-state index is 0.00731. The van der Waals surface area contributed by atoms with Crippen molar-refractivity contribution in [3.63, 3.8) is 0 Å². The van der Waals surface area contributed by atoms with E-state index in [2.05, 4.69) is 16.6 Å². The van der Waals surface area contributed by atoms with E-state index in [0.717, 1.165) is 11.1 Å². The van der Waals surface area contributed by atoms with E-state index >= 15 is 0 Å². The van der Waals surface area contributed by atoms with Crippen LogP contribution in [0.25, 0.3) is 0 Å². The molecule has 0 amide bonds. The Labute approximate surface area is 130 Å². The second-order valence-electron chi connectivity index (χ2n) is 4.88. The summed E-state index contributed by atoms with van der Waals surface area (Å²) in [5, 5.41) is 0. The molecule has 114 valence electrons. The van der Waals surface area contributed by atoms with Crippen LogP contribution in [0.15, 0.2) is 47.4 Å². The molecule has 0 radical (unpaired) electrons. The summed E-state index contributed by atoms with van der Waals surface area (Å²) in [6.07, 6.45) is 0. The predicted octanol–water partition coefficient (Wildman–Crippen LogP) is 2.77. The lowest BCUT2D eigenvalue weighted by Gasteiger charge is -2.06. The van der Waals surface area contributed by atoms with Crippen molar-refractivity contribution < 1.29 is 12.8 Å². The zero-order valence-corrected chi connectivity index (χ0v) is 13.2. The number of rotatable bonds is 3. The van der Waals surface area contributed by atoms with Crippen LogP contribution in [0, 0.1) is 31.5 Å². The van der Waals surface area contributed by atoms with Crippen molar-refractivity contribution in [3.8, 4) is 11.8 Å². The first-order valence-corrected chi connectivity index (χ1v) is 8.18.